The van der Waals surface area contributed by atoms with Gasteiger partial charge >= 0.3 is 0 Å². The topological polar surface area (TPSA) is 29.9 Å². The van der Waals surface area contributed by atoms with Crippen LogP contribution in [0.25, 0.3) is 0 Å². The molecule has 0 atom stereocenters. The van der Waals surface area contributed by atoms with E-state index in [1.54, 1.807) is 10.9 Å². The highest BCUT2D eigenvalue weighted by molar-refractivity contribution is 9.10. The van der Waals surface area contributed by atoms with Gasteiger partial charge in [-0.15, -0.1) is 0 Å². The quantitative estimate of drug-likeness (QED) is 0.939. The summed E-state index contributed by atoms with van der Waals surface area (Å²) in [5.41, 5.74) is 1.80. The van der Waals surface area contributed by atoms with Crippen molar-refractivity contribution >= 4 is 21.6 Å². The van der Waals surface area contributed by atoms with Crippen molar-refractivity contribution in [3.05, 3.63) is 46.4 Å². The lowest BCUT2D eigenvalue weighted by atomic mass is 10.2. The van der Waals surface area contributed by atoms with Gasteiger partial charge in [-0.3, -0.25) is 4.68 Å². The molecule has 0 amide bonds. The molecule has 0 aliphatic carbocycles. The standard InChI is InChI=1S/C11H11BrFN3/c1-16-7-11(6-15-16)14-5-8-2-9(12)4-10(13)3-8/h2-4,6-7,14H,5H2,1H3. The molecule has 2 rings (SSSR count). The van der Waals surface area contributed by atoms with Gasteiger partial charge in [-0.05, 0) is 23.8 Å². The lowest BCUT2D eigenvalue weighted by Crippen LogP contribution is -1.99. The van der Waals surface area contributed by atoms with E-state index >= 15 is 0 Å². The molecule has 1 aromatic carbocycles. The van der Waals surface area contributed by atoms with Gasteiger partial charge in [-0.2, -0.15) is 5.10 Å². The Labute approximate surface area is 101 Å². The highest BCUT2D eigenvalue weighted by Crippen LogP contribution is 2.16. The highest BCUT2D eigenvalue weighted by atomic mass is 79.9. The Balaban J connectivity index is 2.04. The van der Waals surface area contributed by atoms with E-state index in [0.717, 1.165) is 15.7 Å². The number of hydrogen-bond donors (Lipinski definition) is 1. The van der Waals surface area contributed by atoms with Crippen LogP contribution in [0.15, 0.2) is 35.1 Å². The third-order valence-corrected chi connectivity index (χ3v) is 2.58. The molecule has 0 spiro atoms. The van der Waals surface area contributed by atoms with E-state index in [-0.39, 0.29) is 5.82 Å². The average Bonchev–Trinajstić information content (AvgIpc) is 2.60. The molecule has 0 bridgehead atoms. The van der Waals surface area contributed by atoms with Crippen LogP contribution in [-0.4, -0.2) is 9.78 Å². The van der Waals surface area contributed by atoms with E-state index in [2.05, 4.69) is 26.3 Å². The van der Waals surface area contributed by atoms with Crippen LogP contribution in [0.4, 0.5) is 10.1 Å². The number of benzene rings is 1. The summed E-state index contributed by atoms with van der Waals surface area (Å²) >= 11 is 3.26. The van der Waals surface area contributed by atoms with Crippen molar-refractivity contribution < 1.29 is 4.39 Å². The van der Waals surface area contributed by atoms with Crippen LogP contribution in [-0.2, 0) is 13.6 Å². The van der Waals surface area contributed by atoms with Crippen LogP contribution < -0.4 is 5.32 Å². The first-order valence-electron chi connectivity index (χ1n) is 4.81. The minimum Gasteiger partial charge on any atom is -0.378 e. The van der Waals surface area contributed by atoms with E-state index < -0.39 is 0 Å². The molecule has 0 saturated heterocycles. The lowest BCUT2D eigenvalue weighted by molar-refractivity contribution is 0.625. The summed E-state index contributed by atoms with van der Waals surface area (Å²) in [6, 6.07) is 4.83. The first-order valence-corrected chi connectivity index (χ1v) is 5.60. The number of hydrogen-bond acceptors (Lipinski definition) is 2. The summed E-state index contributed by atoms with van der Waals surface area (Å²) in [6.45, 7) is 0.571. The van der Waals surface area contributed by atoms with Crippen molar-refractivity contribution in [2.45, 2.75) is 6.54 Å². The predicted molar refractivity (Wildman–Crippen MR) is 64.6 cm³/mol. The molecule has 1 N–H and O–H groups in total. The largest absolute Gasteiger partial charge is 0.378 e. The molecule has 16 heavy (non-hydrogen) atoms. The molecule has 0 aliphatic rings. The van der Waals surface area contributed by atoms with Crippen molar-refractivity contribution in [3.8, 4) is 0 Å². The summed E-state index contributed by atoms with van der Waals surface area (Å²) < 4.78 is 15.5. The SMILES string of the molecule is Cn1cc(NCc2cc(F)cc(Br)c2)cn1. The Morgan fingerprint density at radius 3 is 2.88 bits per heavy atom. The van der Waals surface area contributed by atoms with Gasteiger partial charge in [0, 0.05) is 24.3 Å². The van der Waals surface area contributed by atoms with E-state index in [9.17, 15) is 4.39 Å². The number of rotatable bonds is 3. The second kappa shape index (κ2) is 4.65. The fraction of sp³-hybridized carbons (Fsp3) is 0.182. The zero-order valence-corrected chi connectivity index (χ0v) is 10.3. The van der Waals surface area contributed by atoms with E-state index in [4.69, 9.17) is 0 Å². The third-order valence-electron chi connectivity index (χ3n) is 2.12. The Morgan fingerprint density at radius 1 is 1.44 bits per heavy atom. The maximum absolute atomic E-state index is 13.1. The first kappa shape index (κ1) is 11.1. The Kier molecular flexibility index (Phi) is 3.24. The minimum atomic E-state index is -0.239. The number of anilines is 1. The zero-order valence-electron chi connectivity index (χ0n) is 8.74. The fourth-order valence-electron chi connectivity index (χ4n) is 1.43. The maximum atomic E-state index is 13.1. The minimum absolute atomic E-state index is 0.239. The maximum Gasteiger partial charge on any atom is 0.124 e. The molecule has 0 aliphatic heterocycles. The van der Waals surface area contributed by atoms with Gasteiger partial charge in [0.2, 0.25) is 0 Å². The van der Waals surface area contributed by atoms with Gasteiger partial charge in [0.25, 0.3) is 0 Å². The van der Waals surface area contributed by atoms with Crippen LogP contribution in [0.1, 0.15) is 5.56 Å². The van der Waals surface area contributed by atoms with Crippen molar-refractivity contribution in [2.75, 3.05) is 5.32 Å². The van der Waals surface area contributed by atoms with Crippen LogP contribution in [0.5, 0.6) is 0 Å². The van der Waals surface area contributed by atoms with Gasteiger partial charge in [0.1, 0.15) is 5.82 Å². The third kappa shape index (κ3) is 2.82. The number of nitrogens with zero attached hydrogens (tertiary/aromatic N) is 2. The van der Waals surface area contributed by atoms with Gasteiger partial charge in [-0.25, -0.2) is 4.39 Å². The number of aromatic nitrogens is 2. The second-order valence-electron chi connectivity index (χ2n) is 3.53. The van der Waals surface area contributed by atoms with Crippen LogP contribution in [0, 0.1) is 5.82 Å². The van der Waals surface area contributed by atoms with E-state index in [1.807, 2.05) is 19.3 Å². The van der Waals surface area contributed by atoms with Gasteiger partial charge in [0.05, 0.1) is 11.9 Å². The number of aryl methyl sites for hydroxylation is 1. The Hall–Kier alpha value is -1.36. The summed E-state index contributed by atoms with van der Waals surface area (Å²) in [5.74, 6) is -0.239. The molecule has 84 valence electrons. The lowest BCUT2D eigenvalue weighted by Gasteiger charge is -2.04. The van der Waals surface area contributed by atoms with Gasteiger partial charge < -0.3 is 5.32 Å². The van der Waals surface area contributed by atoms with Gasteiger partial charge in [-0.1, -0.05) is 15.9 Å². The van der Waals surface area contributed by atoms with Crippen molar-refractivity contribution in [1.29, 1.82) is 0 Å². The van der Waals surface area contributed by atoms with Crippen molar-refractivity contribution in [1.82, 2.24) is 9.78 Å². The number of nitrogens with one attached hydrogen (secondary N) is 1. The Bertz CT molecular complexity index is 475. The zero-order chi connectivity index (χ0) is 11.5. The molecular formula is C11H11BrFN3. The van der Waals surface area contributed by atoms with Crippen LogP contribution >= 0.6 is 15.9 Å². The first-order chi connectivity index (χ1) is 7.63. The summed E-state index contributed by atoms with van der Waals surface area (Å²) in [4.78, 5) is 0. The monoisotopic (exact) mass is 283 g/mol. The summed E-state index contributed by atoms with van der Waals surface area (Å²) in [5, 5.41) is 7.20. The molecule has 1 aromatic heterocycles. The smallest absolute Gasteiger partial charge is 0.124 e. The molecule has 0 radical (unpaired) electrons. The molecule has 1 heterocycles. The summed E-state index contributed by atoms with van der Waals surface area (Å²) in [7, 11) is 1.85. The average molecular weight is 284 g/mol. The molecule has 0 saturated carbocycles. The van der Waals surface area contributed by atoms with E-state index in [0.29, 0.717) is 6.54 Å². The normalized spacial score (nSPS) is 10.4. The fourth-order valence-corrected chi connectivity index (χ4v) is 1.94. The van der Waals surface area contributed by atoms with Crippen LogP contribution in [0.2, 0.25) is 0 Å². The molecule has 0 fully saturated rings. The van der Waals surface area contributed by atoms with Crippen molar-refractivity contribution in [3.63, 3.8) is 0 Å². The van der Waals surface area contributed by atoms with Gasteiger partial charge in [0.15, 0.2) is 0 Å². The Morgan fingerprint density at radius 2 is 2.25 bits per heavy atom. The van der Waals surface area contributed by atoms with Crippen molar-refractivity contribution in [2.24, 2.45) is 7.05 Å². The molecular weight excluding hydrogens is 273 g/mol. The van der Waals surface area contributed by atoms with Crippen LogP contribution in [0.3, 0.4) is 0 Å². The second-order valence-corrected chi connectivity index (χ2v) is 4.45. The number of halogens is 2. The predicted octanol–water partition coefficient (Wildman–Crippen LogP) is 2.93. The molecule has 5 heteroatoms. The molecule has 3 nitrogen and oxygen atoms in total. The molecule has 2 aromatic rings. The summed E-state index contributed by atoms with van der Waals surface area (Å²) in [6.07, 6.45) is 3.60. The van der Waals surface area contributed by atoms with E-state index in [1.165, 1.54) is 12.1 Å². The molecule has 0 unspecified atom stereocenters. The highest BCUT2D eigenvalue weighted by Gasteiger charge is 2.00.